The van der Waals surface area contributed by atoms with Crippen LogP contribution in [0.15, 0.2) is 0 Å². The van der Waals surface area contributed by atoms with Gasteiger partial charge in [-0.15, -0.1) is 0 Å². The zero-order valence-corrected chi connectivity index (χ0v) is 37.7. The molecule has 0 fully saturated rings. The highest BCUT2D eigenvalue weighted by molar-refractivity contribution is 7.77. The molecule has 0 bridgehead atoms. The second-order valence-electron chi connectivity index (χ2n) is 17.3. The average Bonchev–Trinajstić information content (AvgIpc) is 3.15. The quantitative estimate of drug-likeness (QED) is 0.0367. The molecule has 0 saturated carbocycles. The van der Waals surface area contributed by atoms with E-state index in [9.17, 15) is 20.4 Å². The van der Waals surface area contributed by atoms with Gasteiger partial charge in [-0.2, -0.15) is 0 Å². The predicted molar refractivity (Wildman–Crippen MR) is 238 cm³/mol. The number of hydrogen-bond donors (Lipinski definition) is 4. The second kappa shape index (κ2) is 40.5. The van der Waals surface area contributed by atoms with Crippen molar-refractivity contribution >= 4 is 7.26 Å². The Morgan fingerprint density at radius 2 is 0.358 bits per heavy atom. The Bertz CT molecular complexity index is 588. The molecule has 0 aromatic carbocycles. The van der Waals surface area contributed by atoms with Crippen LogP contribution >= 0.6 is 7.26 Å². The lowest BCUT2D eigenvalue weighted by Gasteiger charge is -2.42. The Balaban J connectivity index is 5.57. The summed E-state index contributed by atoms with van der Waals surface area (Å²) in [6.45, 7) is 9.06. The van der Waals surface area contributed by atoms with Gasteiger partial charge in [-0.1, -0.05) is 233 Å². The largest absolute Gasteiger partial charge is 0.359 e. The maximum Gasteiger partial charge on any atom is 0.172 e. The number of unbranched alkanes of at least 4 members (excludes halogenated alkanes) is 32. The van der Waals surface area contributed by atoms with Crippen LogP contribution in [0, 0.1) is 0 Å². The lowest BCUT2D eigenvalue weighted by molar-refractivity contribution is 0.138. The first-order chi connectivity index (χ1) is 25.9. The van der Waals surface area contributed by atoms with Gasteiger partial charge in [0.25, 0.3) is 0 Å². The fraction of sp³-hybridized carbons (Fsp3) is 1.00. The van der Waals surface area contributed by atoms with Crippen LogP contribution in [0.2, 0.25) is 0 Å². The molecule has 0 aliphatic heterocycles. The summed E-state index contributed by atoms with van der Waals surface area (Å²) < 4.78 is 0. The molecule has 53 heavy (non-hydrogen) atoms. The van der Waals surface area contributed by atoms with Crippen LogP contribution in [0.4, 0.5) is 0 Å². The van der Waals surface area contributed by atoms with E-state index in [1.54, 1.807) is 0 Å². The highest BCUT2D eigenvalue weighted by Gasteiger charge is 2.61. The second-order valence-corrected chi connectivity index (χ2v) is 21.5. The summed E-state index contributed by atoms with van der Waals surface area (Å²) in [7, 11) is -2.93. The molecule has 0 aliphatic carbocycles. The maximum atomic E-state index is 12.2. The van der Waals surface area contributed by atoms with Crippen molar-refractivity contribution in [3.63, 3.8) is 0 Å². The summed E-state index contributed by atoms with van der Waals surface area (Å²) in [5.41, 5.74) is 0. The monoisotopic (exact) mass is 772 g/mol. The van der Waals surface area contributed by atoms with Gasteiger partial charge in [0.05, 0.1) is 0 Å². The van der Waals surface area contributed by atoms with Crippen molar-refractivity contribution in [2.24, 2.45) is 0 Å². The number of aliphatic hydroxyl groups excluding tert-OH is 4. The van der Waals surface area contributed by atoms with Gasteiger partial charge in [0, 0.05) is 25.7 Å². The van der Waals surface area contributed by atoms with Crippen molar-refractivity contribution in [1.29, 1.82) is 0 Å². The van der Waals surface area contributed by atoms with E-state index >= 15 is 0 Å². The predicted octanol–water partition coefficient (Wildman–Crippen LogP) is 16.0. The van der Waals surface area contributed by atoms with Crippen LogP contribution in [0.5, 0.6) is 0 Å². The SMILES string of the molecule is CCCCCCCCCCCC(O)[P+](C(O)CCCCCCCCCCC)(C(O)CCCCCCCCCCC)C(O)CCCCCCCCCCC. The van der Waals surface area contributed by atoms with Gasteiger partial charge in [-0.05, 0) is 25.7 Å². The topological polar surface area (TPSA) is 80.9 Å². The van der Waals surface area contributed by atoms with E-state index in [1.807, 2.05) is 0 Å². The van der Waals surface area contributed by atoms with Gasteiger partial charge in [-0.25, -0.2) is 0 Å². The van der Waals surface area contributed by atoms with Gasteiger partial charge in [0.15, 0.2) is 23.4 Å². The minimum atomic E-state index is -2.93. The van der Waals surface area contributed by atoms with Crippen molar-refractivity contribution in [3.05, 3.63) is 0 Å². The van der Waals surface area contributed by atoms with Crippen LogP contribution < -0.4 is 0 Å². The Morgan fingerprint density at radius 1 is 0.226 bits per heavy atom. The summed E-state index contributed by atoms with van der Waals surface area (Å²) in [4.78, 5) is 0. The fourth-order valence-corrected chi connectivity index (χ4v) is 13.5. The third-order valence-electron chi connectivity index (χ3n) is 12.3. The van der Waals surface area contributed by atoms with Crippen molar-refractivity contribution in [1.82, 2.24) is 0 Å². The smallest absolute Gasteiger partial charge is 0.172 e. The van der Waals surface area contributed by atoms with E-state index in [1.165, 1.54) is 180 Å². The molecular formula is C48H100O4P+. The molecule has 0 radical (unpaired) electrons. The van der Waals surface area contributed by atoms with Crippen LogP contribution in [0.3, 0.4) is 0 Å². The van der Waals surface area contributed by atoms with E-state index in [-0.39, 0.29) is 0 Å². The average molecular weight is 772 g/mol. The Morgan fingerprint density at radius 3 is 0.509 bits per heavy atom. The molecule has 0 amide bonds. The van der Waals surface area contributed by atoms with Crippen molar-refractivity contribution in [3.8, 4) is 0 Å². The maximum absolute atomic E-state index is 12.2. The van der Waals surface area contributed by atoms with E-state index in [4.69, 9.17) is 0 Å². The third kappa shape index (κ3) is 28.3. The lowest BCUT2D eigenvalue weighted by atomic mass is 10.1. The minimum absolute atomic E-state index is 0.599. The molecule has 0 saturated heterocycles. The van der Waals surface area contributed by atoms with Gasteiger partial charge in [0.2, 0.25) is 0 Å². The lowest BCUT2D eigenvalue weighted by Crippen LogP contribution is -2.39. The molecular weight excluding hydrogens is 671 g/mol. The summed E-state index contributed by atoms with van der Waals surface area (Å²) in [6.07, 6.45) is 46.5. The molecule has 0 rings (SSSR count). The number of aliphatic hydroxyl groups is 4. The molecule has 4 N–H and O–H groups in total. The van der Waals surface area contributed by atoms with Gasteiger partial charge in [0.1, 0.15) is 7.26 Å². The first-order valence-corrected chi connectivity index (χ1v) is 26.6. The zero-order chi connectivity index (χ0) is 39.1. The summed E-state index contributed by atoms with van der Waals surface area (Å²) in [5.74, 6) is -3.16. The van der Waals surface area contributed by atoms with Crippen molar-refractivity contribution in [2.45, 2.75) is 308 Å². The standard InChI is InChI=1S/C48H100O4P/c1-5-9-13-17-21-25-29-33-37-41-45(49)53(46(50)42-38-34-30-26-22-18-14-10-6-2,47(51)43-39-35-31-27-23-19-15-11-7-3)48(52)44-40-36-32-28-24-20-16-12-8-4/h45-52H,5-44H2,1-4H3/q+1. The molecule has 0 spiro atoms. The van der Waals surface area contributed by atoms with Crippen LogP contribution in [-0.2, 0) is 0 Å². The molecule has 320 valence electrons. The van der Waals surface area contributed by atoms with Crippen LogP contribution in [0.25, 0.3) is 0 Å². The zero-order valence-electron chi connectivity index (χ0n) is 36.8. The van der Waals surface area contributed by atoms with Crippen molar-refractivity contribution in [2.75, 3.05) is 0 Å². The number of hydrogen-bond acceptors (Lipinski definition) is 4. The van der Waals surface area contributed by atoms with Gasteiger partial charge in [-0.3, -0.25) is 0 Å². The van der Waals surface area contributed by atoms with E-state index in [0.29, 0.717) is 25.7 Å². The van der Waals surface area contributed by atoms with Crippen molar-refractivity contribution < 1.29 is 20.4 Å². The first-order valence-electron chi connectivity index (χ1n) is 24.5. The summed E-state index contributed by atoms with van der Waals surface area (Å²) in [5, 5.41) is 48.7. The fourth-order valence-electron chi connectivity index (χ4n) is 8.64. The van der Waals surface area contributed by atoms with E-state index < -0.39 is 30.6 Å². The third-order valence-corrected chi connectivity index (χ3v) is 17.5. The van der Waals surface area contributed by atoms with Crippen LogP contribution in [0.1, 0.15) is 285 Å². The highest BCUT2D eigenvalue weighted by atomic mass is 31.2. The molecule has 0 aliphatic rings. The van der Waals surface area contributed by atoms with Gasteiger partial charge >= 0.3 is 0 Å². The minimum Gasteiger partial charge on any atom is -0.359 e. The Kier molecular flexibility index (Phi) is 40.7. The molecule has 4 atom stereocenters. The summed E-state index contributed by atoms with van der Waals surface area (Å²) in [6, 6.07) is 0. The first kappa shape index (κ1) is 53.3. The molecule has 4 nitrogen and oxygen atoms in total. The van der Waals surface area contributed by atoms with Crippen LogP contribution in [-0.4, -0.2) is 43.8 Å². The Hall–Kier alpha value is 0.270. The normalized spacial score (nSPS) is 15.4. The molecule has 5 heteroatoms. The van der Waals surface area contributed by atoms with Gasteiger partial charge < -0.3 is 20.4 Å². The van der Waals surface area contributed by atoms with E-state index in [2.05, 4.69) is 27.7 Å². The Labute approximate surface area is 334 Å². The molecule has 0 aromatic rings. The molecule has 0 aromatic heterocycles. The molecule has 4 unspecified atom stereocenters. The highest BCUT2D eigenvalue weighted by Crippen LogP contribution is 2.74. The van der Waals surface area contributed by atoms with E-state index in [0.717, 1.165) is 51.4 Å². The number of rotatable bonds is 44. The summed E-state index contributed by atoms with van der Waals surface area (Å²) >= 11 is 0. The molecule has 0 heterocycles.